The zero-order valence-corrected chi connectivity index (χ0v) is 13.9. The molecule has 1 aromatic heterocycles. The summed E-state index contributed by atoms with van der Waals surface area (Å²) >= 11 is 0. The summed E-state index contributed by atoms with van der Waals surface area (Å²) in [6, 6.07) is 14.5. The molecule has 0 saturated heterocycles. The first-order valence-electron chi connectivity index (χ1n) is 8.16. The van der Waals surface area contributed by atoms with Gasteiger partial charge in [-0.05, 0) is 24.3 Å². The Morgan fingerprint density at radius 2 is 2.00 bits per heavy atom. The van der Waals surface area contributed by atoms with E-state index in [2.05, 4.69) is 10.3 Å². The van der Waals surface area contributed by atoms with E-state index < -0.39 is 5.91 Å². The van der Waals surface area contributed by atoms with Crippen LogP contribution in [0.1, 0.15) is 10.4 Å². The van der Waals surface area contributed by atoms with Gasteiger partial charge in [0.15, 0.2) is 11.5 Å². The van der Waals surface area contributed by atoms with Gasteiger partial charge in [0.25, 0.3) is 0 Å². The number of carbonyl (C=O) groups excluding carboxylic acids is 1. The van der Waals surface area contributed by atoms with E-state index in [9.17, 15) is 4.79 Å². The monoisotopic (exact) mass is 351 g/mol. The van der Waals surface area contributed by atoms with Crippen LogP contribution in [0.2, 0.25) is 0 Å². The summed E-state index contributed by atoms with van der Waals surface area (Å²) in [6.45, 7) is 1.16. The van der Waals surface area contributed by atoms with E-state index in [1.807, 2.05) is 36.4 Å². The number of amides is 1. The van der Waals surface area contributed by atoms with Crippen molar-refractivity contribution < 1.29 is 19.0 Å². The third-order valence-corrected chi connectivity index (χ3v) is 4.00. The number of hydrogen-bond acceptors (Lipinski definition) is 6. The van der Waals surface area contributed by atoms with Gasteiger partial charge < -0.3 is 25.3 Å². The number of anilines is 1. The van der Waals surface area contributed by atoms with Crippen LogP contribution in [0.15, 0.2) is 48.5 Å². The molecule has 4 rings (SSSR count). The SMILES string of the molecule is NC(=O)c1cc(NCCOc2ccc3c(c2)OCO3)nc2ccccc12. The fourth-order valence-corrected chi connectivity index (χ4v) is 2.78. The standard InChI is InChI=1S/C19H17N3O4/c20-19(23)14-10-18(22-15-4-2-1-3-13(14)15)21-7-8-24-12-5-6-16-17(9-12)26-11-25-16/h1-6,9-10H,7-8,11H2,(H2,20,23)(H,21,22). The Bertz CT molecular complexity index is 974. The molecule has 3 aromatic rings. The summed E-state index contributed by atoms with van der Waals surface area (Å²) in [5, 5.41) is 3.89. The highest BCUT2D eigenvalue weighted by molar-refractivity contribution is 6.06. The molecule has 0 radical (unpaired) electrons. The van der Waals surface area contributed by atoms with Crippen LogP contribution in [0.25, 0.3) is 10.9 Å². The highest BCUT2D eigenvalue weighted by Crippen LogP contribution is 2.35. The Balaban J connectivity index is 1.41. The van der Waals surface area contributed by atoms with Crippen molar-refractivity contribution in [3.63, 3.8) is 0 Å². The van der Waals surface area contributed by atoms with E-state index in [1.54, 1.807) is 12.1 Å². The number of pyridine rings is 1. The molecule has 132 valence electrons. The van der Waals surface area contributed by atoms with E-state index in [0.717, 1.165) is 11.1 Å². The molecule has 0 fully saturated rings. The maximum atomic E-state index is 11.7. The van der Waals surface area contributed by atoms with Gasteiger partial charge in [-0.2, -0.15) is 0 Å². The van der Waals surface area contributed by atoms with Crippen molar-refractivity contribution in [1.29, 1.82) is 0 Å². The van der Waals surface area contributed by atoms with Crippen molar-refractivity contribution in [2.75, 3.05) is 25.3 Å². The van der Waals surface area contributed by atoms with Crippen molar-refractivity contribution in [3.8, 4) is 17.2 Å². The van der Waals surface area contributed by atoms with E-state index in [4.69, 9.17) is 19.9 Å². The molecule has 1 amide bonds. The zero-order chi connectivity index (χ0) is 17.9. The molecule has 0 saturated carbocycles. The second-order valence-electron chi connectivity index (χ2n) is 5.73. The van der Waals surface area contributed by atoms with Crippen LogP contribution in [-0.2, 0) is 0 Å². The minimum atomic E-state index is -0.483. The molecule has 0 atom stereocenters. The lowest BCUT2D eigenvalue weighted by Gasteiger charge is -2.11. The Labute approximate surface area is 149 Å². The lowest BCUT2D eigenvalue weighted by atomic mass is 10.1. The molecule has 1 aliphatic heterocycles. The zero-order valence-electron chi connectivity index (χ0n) is 13.9. The number of carbonyl (C=O) groups is 1. The average Bonchev–Trinajstić information content (AvgIpc) is 3.12. The molecule has 7 heteroatoms. The highest BCUT2D eigenvalue weighted by Gasteiger charge is 2.13. The Morgan fingerprint density at radius 1 is 1.15 bits per heavy atom. The fourth-order valence-electron chi connectivity index (χ4n) is 2.78. The number of nitrogens with two attached hydrogens (primary N) is 1. The third-order valence-electron chi connectivity index (χ3n) is 4.00. The predicted octanol–water partition coefficient (Wildman–Crippen LogP) is 2.55. The second kappa shape index (κ2) is 6.79. The van der Waals surface area contributed by atoms with Gasteiger partial charge >= 0.3 is 0 Å². The number of fused-ring (bicyclic) bond motifs is 2. The van der Waals surface area contributed by atoms with Crippen molar-refractivity contribution in [3.05, 3.63) is 54.1 Å². The molecule has 1 aliphatic rings. The summed E-state index contributed by atoms with van der Waals surface area (Å²) in [7, 11) is 0. The van der Waals surface area contributed by atoms with Gasteiger partial charge in [0.2, 0.25) is 12.7 Å². The minimum Gasteiger partial charge on any atom is -0.492 e. The van der Waals surface area contributed by atoms with Crippen LogP contribution < -0.4 is 25.3 Å². The van der Waals surface area contributed by atoms with Gasteiger partial charge in [0.05, 0.1) is 17.6 Å². The van der Waals surface area contributed by atoms with Crippen LogP contribution in [-0.4, -0.2) is 30.8 Å². The van der Waals surface area contributed by atoms with Crippen molar-refractivity contribution >= 4 is 22.6 Å². The maximum absolute atomic E-state index is 11.7. The van der Waals surface area contributed by atoms with Gasteiger partial charge in [-0.25, -0.2) is 4.98 Å². The van der Waals surface area contributed by atoms with Gasteiger partial charge in [0, 0.05) is 11.5 Å². The van der Waals surface area contributed by atoms with E-state index in [1.165, 1.54) is 0 Å². The number of aromatic nitrogens is 1. The highest BCUT2D eigenvalue weighted by atomic mass is 16.7. The molecule has 0 unspecified atom stereocenters. The maximum Gasteiger partial charge on any atom is 0.249 e. The lowest BCUT2D eigenvalue weighted by molar-refractivity contribution is 0.100. The topological polar surface area (TPSA) is 95.7 Å². The third kappa shape index (κ3) is 3.19. The first-order chi connectivity index (χ1) is 12.7. The summed E-state index contributed by atoms with van der Waals surface area (Å²) in [4.78, 5) is 16.2. The normalized spacial score (nSPS) is 12.2. The largest absolute Gasteiger partial charge is 0.492 e. The molecule has 3 N–H and O–H groups in total. The summed E-state index contributed by atoms with van der Waals surface area (Å²) < 4.78 is 16.3. The van der Waals surface area contributed by atoms with Gasteiger partial charge in [-0.15, -0.1) is 0 Å². The molecular weight excluding hydrogens is 334 g/mol. The Hall–Kier alpha value is -3.48. The minimum absolute atomic E-state index is 0.232. The lowest BCUT2D eigenvalue weighted by Crippen LogP contribution is -2.15. The number of para-hydroxylation sites is 1. The summed E-state index contributed by atoms with van der Waals surface area (Å²) in [5.74, 6) is 2.18. The van der Waals surface area contributed by atoms with Crippen LogP contribution >= 0.6 is 0 Å². The molecule has 0 aliphatic carbocycles. The first-order valence-corrected chi connectivity index (χ1v) is 8.16. The molecular formula is C19H17N3O4. The molecule has 26 heavy (non-hydrogen) atoms. The number of benzene rings is 2. The number of nitrogens with one attached hydrogen (secondary N) is 1. The van der Waals surface area contributed by atoms with Crippen molar-refractivity contribution in [2.24, 2.45) is 5.73 Å². The fraction of sp³-hybridized carbons (Fsp3) is 0.158. The van der Waals surface area contributed by atoms with E-state index in [0.29, 0.717) is 41.5 Å². The van der Waals surface area contributed by atoms with Crippen LogP contribution in [0.5, 0.6) is 17.2 Å². The average molecular weight is 351 g/mol. The molecule has 2 heterocycles. The quantitative estimate of drug-likeness (QED) is 0.663. The first kappa shape index (κ1) is 16.0. The van der Waals surface area contributed by atoms with Crippen LogP contribution in [0.3, 0.4) is 0 Å². The van der Waals surface area contributed by atoms with Crippen LogP contribution in [0, 0.1) is 0 Å². The van der Waals surface area contributed by atoms with Gasteiger partial charge in [0.1, 0.15) is 18.2 Å². The number of primary amides is 1. The smallest absolute Gasteiger partial charge is 0.249 e. The van der Waals surface area contributed by atoms with Crippen molar-refractivity contribution in [1.82, 2.24) is 4.98 Å². The van der Waals surface area contributed by atoms with E-state index in [-0.39, 0.29) is 6.79 Å². The summed E-state index contributed by atoms with van der Waals surface area (Å²) in [6.07, 6.45) is 0. The number of hydrogen-bond donors (Lipinski definition) is 2. The number of ether oxygens (including phenoxy) is 3. The molecule has 7 nitrogen and oxygen atoms in total. The Kier molecular flexibility index (Phi) is 4.18. The number of nitrogens with zero attached hydrogens (tertiary/aromatic N) is 1. The molecule has 0 spiro atoms. The van der Waals surface area contributed by atoms with E-state index >= 15 is 0 Å². The predicted molar refractivity (Wildman–Crippen MR) is 96.8 cm³/mol. The van der Waals surface area contributed by atoms with Crippen LogP contribution in [0.4, 0.5) is 5.82 Å². The van der Waals surface area contributed by atoms with Gasteiger partial charge in [-0.1, -0.05) is 18.2 Å². The Morgan fingerprint density at radius 3 is 2.88 bits per heavy atom. The second-order valence-corrected chi connectivity index (χ2v) is 5.73. The molecule has 0 bridgehead atoms. The molecule has 2 aromatic carbocycles. The van der Waals surface area contributed by atoms with Crippen molar-refractivity contribution in [2.45, 2.75) is 0 Å². The summed E-state index contributed by atoms with van der Waals surface area (Å²) in [5.41, 5.74) is 6.63. The number of rotatable bonds is 6. The van der Waals surface area contributed by atoms with Gasteiger partial charge in [-0.3, -0.25) is 4.79 Å².